The quantitative estimate of drug-likeness (QED) is 0.438. The van der Waals surface area contributed by atoms with E-state index in [0.29, 0.717) is 22.1 Å². The molecule has 0 aliphatic rings. The first-order chi connectivity index (χ1) is 12.6. The number of hydrogen-bond acceptors (Lipinski definition) is 3. The van der Waals surface area contributed by atoms with Crippen molar-refractivity contribution in [3.63, 3.8) is 0 Å². The molecule has 0 radical (unpaired) electrons. The maximum atomic E-state index is 12.6. The van der Waals surface area contributed by atoms with E-state index in [1.165, 1.54) is 0 Å². The van der Waals surface area contributed by atoms with Gasteiger partial charge in [-0.15, -0.1) is 0 Å². The molecule has 6 heteroatoms. The Bertz CT molecular complexity index is 1160. The van der Waals surface area contributed by atoms with Gasteiger partial charge in [-0.25, -0.2) is 10.4 Å². The number of rotatable bonds is 3. The first kappa shape index (κ1) is 16.3. The average molecular weight is 363 g/mol. The molecule has 0 aliphatic carbocycles. The Hall–Kier alpha value is -3.18. The topological polar surface area (TPSA) is 58.8 Å². The summed E-state index contributed by atoms with van der Waals surface area (Å²) in [6.07, 6.45) is 3.31. The number of benzene rings is 2. The molecule has 4 rings (SSSR count). The number of halogens is 1. The van der Waals surface area contributed by atoms with Crippen LogP contribution in [0.2, 0.25) is 5.02 Å². The van der Waals surface area contributed by atoms with Crippen molar-refractivity contribution < 1.29 is 4.79 Å². The van der Waals surface area contributed by atoms with Crippen molar-refractivity contribution in [2.75, 3.05) is 0 Å². The van der Waals surface area contributed by atoms with E-state index >= 15 is 0 Å². The molecule has 0 fully saturated rings. The third-order valence-corrected chi connectivity index (χ3v) is 4.39. The number of nitrogens with zero attached hydrogens (tertiary/aromatic N) is 3. The van der Waals surface area contributed by atoms with Gasteiger partial charge in [0.1, 0.15) is 11.3 Å². The lowest BCUT2D eigenvalue weighted by molar-refractivity contribution is 0.0948. The number of pyridine rings is 1. The van der Waals surface area contributed by atoms with Crippen LogP contribution in [0.4, 0.5) is 0 Å². The monoisotopic (exact) mass is 362 g/mol. The van der Waals surface area contributed by atoms with E-state index in [2.05, 4.69) is 15.5 Å². The Labute approximate surface area is 154 Å². The zero-order chi connectivity index (χ0) is 18.1. The van der Waals surface area contributed by atoms with Gasteiger partial charge >= 0.3 is 0 Å². The van der Waals surface area contributed by atoms with Gasteiger partial charge in [0.15, 0.2) is 0 Å². The van der Waals surface area contributed by atoms with Crippen LogP contribution >= 0.6 is 11.6 Å². The van der Waals surface area contributed by atoms with Crippen LogP contribution in [0, 0.1) is 6.92 Å². The van der Waals surface area contributed by atoms with Gasteiger partial charge in [-0.1, -0.05) is 54.1 Å². The molecule has 0 atom stereocenters. The van der Waals surface area contributed by atoms with E-state index < -0.39 is 0 Å². The van der Waals surface area contributed by atoms with Gasteiger partial charge in [0.05, 0.1) is 16.9 Å². The minimum atomic E-state index is -0.339. The molecule has 26 heavy (non-hydrogen) atoms. The normalized spacial score (nSPS) is 11.5. The summed E-state index contributed by atoms with van der Waals surface area (Å²) in [4.78, 5) is 17.0. The van der Waals surface area contributed by atoms with Crippen molar-refractivity contribution >= 4 is 40.1 Å². The summed E-state index contributed by atoms with van der Waals surface area (Å²) in [6.45, 7) is 1.78. The van der Waals surface area contributed by atoms with Crippen LogP contribution in [-0.4, -0.2) is 21.5 Å². The third-order valence-electron chi connectivity index (χ3n) is 4.16. The molecule has 0 spiro atoms. The SMILES string of the molecule is Cc1nc2ccc(Cl)cn2c1C(=O)N/N=C\c1cccc2ccccc12. The molecule has 0 aliphatic heterocycles. The van der Waals surface area contributed by atoms with Gasteiger partial charge in [0.2, 0.25) is 0 Å². The molecule has 4 aromatic rings. The van der Waals surface area contributed by atoms with E-state index in [1.807, 2.05) is 42.5 Å². The number of aryl methyl sites for hydroxylation is 1. The molecule has 0 bridgehead atoms. The van der Waals surface area contributed by atoms with Crippen LogP contribution in [0.5, 0.6) is 0 Å². The number of carbonyl (C=O) groups excluding carboxylic acids is 1. The van der Waals surface area contributed by atoms with E-state index in [-0.39, 0.29) is 5.91 Å². The molecule has 0 saturated carbocycles. The second-order valence-corrected chi connectivity index (χ2v) is 6.33. The molecule has 1 amide bonds. The van der Waals surface area contributed by atoms with Gasteiger partial charge < -0.3 is 0 Å². The van der Waals surface area contributed by atoms with Gasteiger partial charge in [-0.3, -0.25) is 9.20 Å². The minimum absolute atomic E-state index is 0.339. The Balaban J connectivity index is 1.62. The Morgan fingerprint density at radius 3 is 2.85 bits per heavy atom. The van der Waals surface area contributed by atoms with E-state index in [9.17, 15) is 4.79 Å². The van der Waals surface area contributed by atoms with Crippen molar-refractivity contribution in [3.05, 3.63) is 82.8 Å². The minimum Gasteiger partial charge on any atom is -0.294 e. The Morgan fingerprint density at radius 2 is 1.96 bits per heavy atom. The van der Waals surface area contributed by atoms with Crippen molar-refractivity contribution in [1.82, 2.24) is 14.8 Å². The predicted octanol–water partition coefficient (Wildman–Crippen LogP) is 4.21. The molecule has 2 aromatic heterocycles. The lowest BCUT2D eigenvalue weighted by atomic mass is 10.1. The number of hydrogen-bond donors (Lipinski definition) is 1. The standard InChI is InChI=1S/C20H15ClN4O/c1-13-19(25-12-16(21)9-10-18(25)23-13)20(26)24-22-11-15-7-4-6-14-5-2-3-8-17(14)15/h2-12H,1H3,(H,24,26)/b22-11-. The molecular formula is C20H15ClN4O. The number of carbonyl (C=O) groups is 1. The fraction of sp³-hybridized carbons (Fsp3) is 0.0500. The van der Waals surface area contributed by atoms with Crippen LogP contribution in [0.15, 0.2) is 65.9 Å². The number of nitrogens with one attached hydrogen (secondary N) is 1. The maximum absolute atomic E-state index is 12.6. The van der Waals surface area contributed by atoms with Gasteiger partial charge in [-0.2, -0.15) is 5.10 Å². The van der Waals surface area contributed by atoms with Crippen molar-refractivity contribution in [2.45, 2.75) is 6.92 Å². The Morgan fingerprint density at radius 1 is 1.15 bits per heavy atom. The zero-order valence-corrected chi connectivity index (χ0v) is 14.7. The highest BCUT2D eigenvalue weighted by Crippen LogP contribution is 2.18. The van der Waals surface area contributed by atoms with Crippen LogP contribution < -0.4 is 5.43 Å². The molecule has 1 N–H and O–H groups in total. The third kappa shape index (κ3) is 2.93. The number of aromatic nitrogens is 2. The summed E-state index contributed by atoms with van der Waals surface area (Å²) in [5, 5.41) is 6.85. The van der Waals surface area contributed by atoms with Gasteiger partial charge in [0.25, 0.3) is 5.91 Å². The number of imidazole rings is 1. The first-order valence-electron chi connectivity index (χ1n) is 8.09. The van der Waals surface area contributed by atoms with Crippen LogP contribution in [0.3, 0.4) is 0 Å². The fourth-order valence-corrected chi connectivity index (χ4v) is 3.15. The van der Waals surface area contributed by atoms with Crippen molar-refractivity contribution in [2.24, 2.45) is 5.10 Å². The molecule has 2 aromatic carbocycles. The average Bonchev–Trinajstić information content (AvgIpc) is 2.97. The first-order valence-corrected chi connectivity index (χ1v) is 8.46. The van der Waals surface area contributed by atoms with E-state index in [1.54, 1.807) is 35.9 Å². The number of amides is 1. The lowest BCUT2D eigenvalue weighted by Crippen LogP contribution is -2.20. The molecular weight excluding hydrogens is 348 g/mol. The highest BCUT2D eigenvalue weighted by atomic mass is 35.5. The predicted molar refractivity (Wildman–Crippen MR) is 104 cm³/mol. The zero-order valence-electron chi connectivity index (χ0n) is 14.0. The maximum Gasteiger partial charge on any atom is 0.290 e. The Kier molecular flexibility index (Phi) is 4.14. The smallest absolute Gasteiger partial charge is 0.290 e. The summed E-state index contributed by atoms with van der Waals surface area (Å²) in [6, 6.07) is 17.5. The summed E-state index contributed by atoms with van der Waals surface area (Å²) < 4.78 is 1.67. The molecule has 2 heterocycles. The highest BCUT2D eigenvalue weighted by Gasteiger charge is 2.16. The molecule has 0 unspecified atom stereocenters. The van der Waals surface area contributed by atoms with Crippen LogP contribution in [-0.2, 0) is 0 Å². The molecule has 5 nitrogen and oxygen atoms in total. The highest BCUT2D eigenvalue weighted by molar-refractivity contribution is 6.30. The molecule has 0 saturated heterocycles. The van der Waals surface area contributed by atoms with Gasteiger partial charge in [-0.05, 0) is 29.8 Å². The fourth-order valence-electron chi connectivity index (χ4n) is 2.99. The summed E-state index contributed by atoms with van der Waals surface area (Å²) in [7, 11) is 0. The molecule has 128 valence electrons. The second-order valence-electron chi connectivity index (χ2n) is 5.89. The van der Waals surface area contributed by atoms with Crippen molar-refractivity contribution in [3.8, 4) is 0 Å². The van der Waals surface area contributed by atoms with Crippen LogP contribution in [0.25, 0.3) is 16.4 Å². The largest absolute Gasteiger partial charge is 0.294 e. The van der Waals surface area contributed by atoms with Crippen molar-refractivity contribution in [1.29, 1.82) is 0 Å². The van der Waals surface area contributed by atoms with Gasteiger partial charge in [0, 0.05) is 11.8 Å². The number of fused-ring (bicyclic) bond motifs is 2. The summed E-state index contributed by atoms with van der Waals surface area (Å²) in [5.41, 5.74) is 5.20. The summed E-state index contributed by atoms with van der Waals surface area (Å²) in [5.74, 6) is -0.339. The van der Waals surface area contributed by atoms with Crippen LogP contribution in [0.1, 0.15) is 21.7 Å². The van der Waals surface area contributed by atoms with E-state index in [4.69, 9.17) is 11.6 Å². The lowest BCUT2D eigenvalue weighted by Gasteiger charge is -2.03. The van der Waals surface area contributed by atoms with E-state index in [0.717, 1.165) is 16.3 Å². The second kappa shape index (κ2) is 6.61. The summed E-state index contributed by atoms with van der Waals surface area (Å²) >= 11 is 6.03. The number of hydrazone groups is 1.